The summed E-state index contributed by atoms with van der Waals surface area (Å²) in [7, 11) is 1.73. The van der Waals surface area contributed by atoms with Gasteiger partial charge in [-0.25, -0.2) is 13.8 Å². The van der Waals surface area contributed by atoms with Gasteiger partial charge in [0.2, 0.25) is 0 Å². The average molecular weight is 236 g/mol. The number of alkyl halides is 2. The molecule has 0 aliphatic rings. The number of anilines is 1. The zero-order chi connectivity index (χ0) is 12.6. The van der Waals surface area contributed by atoms with E-state index in [9.17, 15) is 8.78 Å². The Morgan fingerprint density at radius 3 is 2.47 bits per heavy atom. The van der Waals surface area contributed by atoms with Crippen molar-refractivity contribution in [1.29, 1.82) is 0 Å². The van der Waals surface area contributed by atoms with Gasteiger partial charge in [-0.1, -0.05) is 6.07 Å². The molecule has 90 valence electrons. The van der Waals surface area contributed by atoms with Gasteiger partial charge in [0.1, 0.15) is 5.69 Å². The third-order valence-corrected chi connectivity index (χ3v) is 2.76. The second kappa shape index (κ2) is 4.28. The molecule has 1 aromatic carbocycles. The van der Waals surface area contributed by atoms with Crippen LogP contribution in [-0.2, 0) is 0 Å². The van der Waals surface area contributed by atoms with Crippen molar-refractivity contribution in [2.45, 2.75) is 20.3 Å². The van der Waals surface area contributed by atoms with E-state index < -0.39 is 6.43 Å². The van der Waals surface area contributed by atoms with Gasteiger partial charge in [-0.15, -0.1) is 0 Å². The van der Waals surface area contributed by atoms with Gasteiger partial charge in [-0.05, 0) is 37.1 Å². The van der Waals surface area contributed by atoms with Crippen LogP contribution in [-0.4, -0.2) is 12.0 Å². The Balaban J connectivity index is 2.82. The number of aryl methyl sites for hydroxylation is 2. The van der Waals surface area contributed by atoms with Gasteiger partial charge >= 0.3 is 0 Å². The maximum Gasteiger partial charge on any atom is 0.280 e. The van der Waals surface area contributed by atoms with E-state index in [1.54, 1.807) is 7.05 Å². The van der Waals surface area contributed by atoms with Gasteiger partial charge in [0.05, 0.1) is 5.52 Å². The number of nitrogens with zero attached hydrogens (tertiary/aromatic N) is 1. The standard InChI is InChI=1S/C13H14F2N2/c1-7-4-8(2)12-9(16-3)6-11(13(14)15)17-10(12)5-7/h4-6,13H,1-3H3,(H,16,17). The highest BCUT2D eigenvalue weighted by Gasteiger charge is 2.14. The number of rotatable bonds is 2. The third-order valence-electron chi connectivity index (χ3n) is 2.76. The van der Waals surface area contributed by atoms with Crippen molar-refractivity contribution >= 4 is 16.6 Å². The van der Waals surface area contributed by atoms with E-state index in [2.05, 4.69) is 10.3 Å². The van der Waals surface area contributed by atoms with E-state index in [1.807, 2.05) is 26.0 Å². The molecule has 1 aromatic heterocycles. The Bertz CT molecular complexity index is 565. The average Bonchev–Trinajstić information content (AvgIpc) is 2.26. The van der Waals surface area contributed by atoms with Gasteiger partial charge in [-0.2, -0.15) is 0 Å². The monoisotopic (exact) mass is 236 g/mol. The van der Waals surface area contributed by atoms with Crippen LogP contribution in [0.3, 0.4) is 0 Å². The van der Waals surface area contributed by atoms with Gasteiger partial charge in [-0.3, -0.25) is 0 Å². The number of aromatic nitrogens is 1. The van der Waals surface area contributed by atoms with Gasteiger partial charge in [0.15, 0.2) is 0 Å². The lowest BCUT2D eigenvalue weighted by Crippen LogP contribution is -1.98. The number of fused-ring (bicyclic) bond motifs is 1. The Kier molecular flexibility index (Phi) is 2.96. The van der Waals surface area contributed by atoms with E-state index in [0.29, 0.717) is 11.2 Å². The first-order valence-corrected chi connectivity index (χ1v) is 5.40. The topological polar surface area (TPSA) is 24.9 Å². The minimum atomic E-state index is -2.55. The molecule has 0 atom stereocenters. The van der Waals surface area contributed by atoms with Crippen molar-refractivity contribution in [3.8, 4) is 0 Å². The van der Waals surface area contributed by atoms with Gasteiger partial charge in [0, 0.05) is 18.1 Å². The Morgan fingerprint density at radius 2 is 1.88 bits per heavy atom. The predicted molar refractivity (Wildman–Crippen MR) is 65.7 cm³/mol. The summed E-state index contributed by atoms with van der Waals surface area (Å²) in [5.41, 5.74) is 3.19. The fourth-order valence-electron chi connectivity index (χ4n) is 2.08. The molecule has 2 nitrogen and oxygen atoms in total. The number of pyridine rings is 1. The zero-order valence-electron chi connectivity index (χ0n) is 10.0. The summed E-state index contributed by atoms with van der Waals surface area (Å²) in [6.45, 7) is 3.89. The van der Waals surface area contributed by atoms with Gasteiger partial charge in [0.25, 0.3) is 6.43 Å². The molecular weight excluding hydrogens is 222 g/mol. The number of hydrogen-bond acceptors (Lipinski definition) is 2. The quantitative estimate of drug-likeness (QED) is 0.857. The van der Waals surface area contributed by atoms with Crippen LogP contribution in [0.4, 0.5) is 14.5 Å². The van der Waals surface area contributed by atoms with Gasteiger partial charge < -0.3 is 5.32 Å². The Morgan fingerprint density at radius 1 is 1.18 bits per heavy atom. The maximum absolute atomic E-state index is 12.7. The van der Waals surface area contributed by atoms with Crippen molar-refractivity contribution in [3.63, 3.8) is 0 Å². The van der Waals surface area contributed by atoms with Crippen molar-refractivity contribution < 1.29 is 8.78 Å². The second-order valence-corrected chi connectivity index (χ2v) is 4.12. The zero-order valence-corrected chi connectivity index (χ0v) is 10.0. The van der Waals surface area contributed by atoms with E-state index in [-0.39, 0.29) is 5.69 Å². The molecule has 2 rings (SSSR count). The lowest BCUT2D eigenvalue weighted by Gasteiger charge is -2.11. The third kappa shape index (κ3) is 2.07. The first kappa shape index (κ1) is 11.8. The molecule has 0 unspecified atom stereocenters. The van der Waals surface area contributed by atoms with E-state index >= 15 is 0 Å². The molecule has 1 N–H and O–H groups in total. The first-order valence-electron chi connectivity index (χ1n) is 5.40. The normalized spacial score (nSPS) is 11.2. The second-order valence-electron chi connectivity index (χ2n) is 4.12. The summed E-state index contributed by atoms with van der Waals surface area (Å²) in [6, 6.07) is 5.26. The predicted octanol–water partition coefficient (Wildman–Crippen LogP) is 3.83. The lowest BCUT2D eigenvalue weighted by atomic mass is 10.0. The highest BCUT2D eigenvalue weighted by molar-refractivity contribution is 5.94. The molecule has 0 radical (unpaired) electrons. The molecule has 0 fully saturated rings. The van der Waals surface area contributed by atoms with Crippen LogP contribution in [0.2, 0.25) is 0 Å². The molecule has 0 spiro atoms. The summed E-state index contributed by atoms with van der Waals surface area (Å²) in [5.74, 6) is 0. The molecule has 0 saturated heterocycles. The lowest BCUT2D eigenvalue weighted by molar-refractivity contribution is 0.146. The maximum atomic E-state index is 12.7. The van der Waals surface area contributed by atoms with Crippen LogP contribution in [0.1, 0.15) is 23.2 Å². The fraction of sp³-hybridized carbons (Fsp3) is 0.308. The molecule has 0 aliphatic carbocycles. The van der Waals surface area contributed by atoms with Crippen LogP contribution < -0.4 is 5.32 Å². The largest absolute Gasteiger partial charge is 0.388 e. The van der Waals surface area contributed by atoms with Crippen LogP contribution in [0.5, 0.6) is 0 Å². The van der Waals surface area contributed by atoms with E-state index in [0.717, 1.165) is 16.5 Å². The summed E-state index contributed by atoms with van der Waals surface area (Å²) < 4.78 is 25.4. The van der Waals surface area contributed by atoms with Crippen molar-refractivity contribution in [3.05, 3.63) is 35.0 Å². The Hall–Kier alpha value is -1.71. The summed E-state index contributed by atoms with van der Waals surface area (Å²) in [4.78, 5) is 4.02. The highest BCUT2D eigenvalue weighted by atomic mass is 19.3. The first-order chi connectivity index (χ1) is 8.02. The molecule has 4 heteroatoms. The van der Waals surface area contributed by atoms with Crippen molar-refractivity contribution in [2.24, 2.45) is 0 Å². The molecule has 17 heavy (non-hydrogen) atoms. The van der Waals surface area contributed by atoms with E-state index in [1.165, 1.54) is 6.07 Å². The smallest absolute Gasteiger partial charge is 0.280 e. The van der Waals surface area contributed by atoms with Crippen LogP contribution in [0, 0.1) is 13.8 Å². The minimum absolute atomic E-state index is 0.188. The molecule has 0 saturated carbocycles. The Labute approximate surface area is 98.7 Å². The van der Waals surface area contributed by atoms with Crippen LogP contribution in [0.25, 0.3) is 10.9 Å². The van der Waals surface area contributed by atoms with Crippen molar-refractivity contribution in [2.75, 3.05) is 12.4 Å². The van der Waals surface area contributed by atoms with Crippen molar-refractivity contribution in [1.82, 2.24) is 4.98 Å². The van der Waals surface area contributed by atoms with E-state index in [4.69, 9.17) is 0 Å². The molecule has 1 heterocycles. The number of nitrogens with one attached hydrogen (secondary N) is 1. The number of halogens is 2. The molecule has 0 bridgehead atoms. The van der Waals surface area contributed by atoms with Crippen LogP contribution in [0.15, 0.2) is 18.2 Å². The molecule has 2 aromatic rings. The summed E-state index contributed by atoms with van der Waals surface area (Å²) in [5, 5.41) is 3.86. The number of benzene rings is 1. The number of hydrogen-bond donors (Lipinski definition) is 1. The summed E-state index contributed by atoms with van der Waals surface area (Å²) >= 11 is 0. The summed E-state index contributed by atoms with van der Waals surface area (Å²) in [6.07, 6.45) is -2.55. The minimum Gasteiger partial charge on any atom is -0.388 e. The molecular formula is C13H14F2N2. The molecule has 0 amide bonds. The molecule has 0 aliphatic heterocycles. The highest BCUT2D eigenvalue weighted by Crippen LogP contribution is 2.30. The SMILES string of the molecule is CNc1cc(C(F)F)nc2cc(C)cc(C)c12. The fourth-order valence-corrected chi connectivity index (χ4v) is 2.08. The van der Waals surface area contributed by atoms with Crippen LogP contribution >= 0.6 is 0 Å².